The van der Waals surface area contributed by atoms with Gasteiger partial charge in [-0.25, -0.2) is 0 Å². The lowest BCUT2D eigenvalue weighted by atomic mass is 10.1. The van der Waals surface area contributed by atoms with Crippen molar-refractivity contribution < 1.29 is 19.1 Å². The fourth-order valence-electron chi connectivity index (χ4n) is 3.15. The molecule has 2 aromatic carbocycles. The molecule has 27 heavy (non-hydrogen) atoms. The van der Waals surface area contributed by atoms with Crippen molar-refractivity contribution in [2.24, 2.45) is 0 Å². The maximum absolute atomic E-state index is 12.7. The van der Waals surface area contributed by atoms with Crippen molar-refractivity contribution in [3.63, 3.8) is 0 Å². The molecule has 1 aliphatic heterocycles. The van der Waals surface area contributed by atoms with Crippen molar-refractivity contribution >= 4 is 11.8 Å². The van der Waals surface area contributed by atoms with Crippen LogP contribution in [0.2, 0.25) is 0 Å². The predicted molar refractivity (Wildman–Crippen MR) is 101 cm³/mol. The third-order valence-corrected chi connectivity index (χ3v) is 4.58. The Morgan fingerprint density at radius 2 is 1.93 bits per heavy atom. The van der Waals surface area contributed by atoms with Gasteiger partial charge < -0.3 is 19.7 Å². The number of ether oxygens (including phenoxy) is 2. The number of nitrogens with one attached hydrogen (secondary N) is 1. The summed E-state index contributed by atoms with van der Waals surface area (Å²) in [5.41, 5.74) is 2.01. The molecule has 2 aromatic rings. The molecule has 1 aliphatic rings. The zero-order valence-electron chi connectivity index (χ0n) is 15.4. The quantitative estimate of drug-likeness (QED) is 0.809. The summed E-state index contributed by atoms with van der Waals surface area (Å²) in [6.45, 7) is 1.08. The molecule has 1 fully saturated rings. The van der Waals surface area contributed by atoms with E-state index in [0.29, 0.717) is 19.5 Å². The van der Waals surface area contributed by atoms with Crippen molar-refractivity contribution in [1.82, 2.24) is 10.2 Å². The van der Waals surface area contributed by atoms with Crippen molar-refractivity contribution in [1.29, 1.82) is 0 Å². The SMILES string of the molecule is COc1ccccc1CCNC(=O)C1COCC(=O)N1Cc1ccccc1. The fraction of sp³-hybridized carbons (Fsp3) is 0.333. The second-order valence-corrected chi connectivity index (χ2v) is 6.39. The Kier molecular flexibility index (Phi) is 6.44. The zero-order valence-corrected chi connectivity index (χ0v) is 15.4. The highest BCUT2D eigenvalue weighted by molar-refractivity contribution is 5.89. The van der Waals surface area contributed by atoms with Crippen molar-refractivity contribution in [3.8, 4) is 5.75 Å². The van der Waals surface area contributed by atoms with Crippen LogP contribution in [-0.4, -0.2) is 49.6 Å². The maximum Gasteiger partial charge on any atom is 0.249 e. The first-order valence-electron chi connectivity index (χ1n) is 9.00. The molecule has 142 valence electrons. The number of nitrogens with zero attached hydrogens (tertiary/aromatic N) is 1. The topological polar surface area (TPSA) is 67.9 Å². The highest BCUT2D eigenvalue weighted by Gasteiger charge is 2.33. The van der Waals surface area contributed by atoms with Crippen LogP contribution in [-0.2, 0) is 27.3 Å². The molecule has 3 rings (SSSR count). The third kappa shape index (κ3) is 4.86. The van der Waals surface area contributed by atoms with Gasteiger partial charge in [-0.1, -0.05) is 48.5 Å². The van der Waals surface area contributed by atoms with E-state index in [2.05, 4.69) is 5.32 Å². The summed E-state index contributed by atoms with van der Waals surface area (Å²) in [5.74, 6) is 0.428. The van der Waals surface area contributed by atoms with E-state index in [-0.39, 0.29) is 25.0 Å². The predicted octanol–water partition coefficient (Wildman–Crippen LogP) is 1.78. The molecule has 6 nitrogen and oxygen atoms in total. The van der Waals surface area contributed by atoms with Gasteiger partial charge in [-0.15, -0.1) is 0 Å². The van der Waals surface area contributed by atoms with Crippen LogP contribution < -0.4 is 10.1 Å². The Bertz CT molecular complexity index is 779. The van der Waals surface area contributed by atoms with Gasteiger partial charge in [0.15, 0.2) is 0 Å². The Morgan fingerprint density at radius 1 is 1.19 bits per heavy atom. The maximum atomic E-state index is 12.7. The van der Waals surface area contributed by atoms with Gasteiger partial charge in [0, 0.05) is 13.1 Å². The number of benzene rings is 2. The van der Waals surface area contributed by atoms with Gasteiger partial charge in [-0.3, -0.25) is 9.59 Å². The molecule has 1 N–H and O–H groups in total. The standard InChI is InChI=1S/C21H24N2O4/c1-26-19-10-6-5-9-17(19)11-12-22-21(25)18-14-27-15-20(24)23(18)13-16-7-3-2-4-8-16/h2-10,18H,11-15H2,1H3,(H,22,25). The first-order valence-corrected chi connectivity index (χ1v) is 9.00. The molecule has 0 radical (unpaired) electrons. The zero-order chi connectivity index (χ0) is 19.1. The van der Waals surface area contributed by atoms with Gasteiger partial charge in [-0.05, 0) is 23.6 Å². The second kappa shape index (κ2) is 9.19. The van der Waals surface area contributed by atoms with Crippen LogP contribution in [0, 0.1) is 0 Å². The first-order chi connectivity index (χ1) is 13.2. The van der Waals surface area contributed by atoms with E-state index in [1.807, 2.05) is 54.6 Å². The van der Waals surface area contributed by atoms with E-state index in [1.54, 1.807) is 12.0 Å². The van der Waals surface area contributed by atoms with Crippen molar-refractivity contribution in [3.05, 3.63) is 65.7 Å². The molecule has 6 heteroatoms. The van der Waals surface area contributed by atoms with E-state index in [0.717, 1.165) is 16.9 Å². The number of carbonyl (C=O) groups excluding carboxylic acids is 2. The van der Waals surface area contributed by atoms with E-state index >= 15 is 0 Å². The molecule has 1 saturated heterocycles. The van der Waals surface area contributed by atoms with Gasteiger partial charge in [0.25, 0.3) is 0 Å². The Hall–Kier alpha value is -2.86. The Balaban J connectivity index is 1.60. The lowest BCUT2D eigenvalue weighted by Gasteiger charge is -2.34. The summed E-state index contributed by atoms with van der Waals surface area (Å²) in [7, 11) is 1.63. The summed E-state index contributed by atoms with van der Waals surface area (Å²) >= 11 is 0. The average molecular weight is 368 g/mol. The van der Waals surface area contributed by atoms with Crippen LogP contribution >= 0.6 is 0 Å². The molecule has 0 saturated carbocycles. The molecule has 0 aliphatic carbocycles. The normalized spacial score (nSPS) is 16.9. The smallest absolute Gasteiger partial charge is 0.249 e. The van der Waals surface area contributed by atoms with Crippen LogP contribution in [0.25, 0.3) is 0 Å². The monoisotopic (exact) mass is 368 g/mol. The highest BCUT2D eigenvalue weighted by Crippen LogP contribution is 2.17. The summed E-state index contributed by atoms with van der Waals surface area (Å²) in [5, 5.41) is 2.92. The van der Waals surface area contributed by atoms with Gasteiger partial charge in [0.1, 0.15) is 18.4 Å². The lowest BCUT2D eigenvalue weighted by Crippen LogP contribution is -2.56. The van der Waals surface area contributed by atoms with E-state index in [9.17, 15) is 9.59 Å². The average Bonchev–Trinajstić information content (AvgIpc) is 2.70. The molecule has 2 amide bonds. The fourth-order valence-corrected chi connectivity index (χ4v) is 3.15. The van der Waals surface area contributed by atoms with E-state index in [4.69, 9.17) is 9.47 Å². The number of rotatable bonds is 7. The number of para-hydroxylation sites is 1. The van der Waals surface area contributed by atoms with Gasteiger partial charge in [0.05, 0.1) is 13.7 Å². The summed E-state index contributed by atoms with van der Waals surface area (Å²) in [6, 6.07) is 16.7. The summed E-state index contributed by atoms with van der Waals surface area (Å²) in [6.07, 6.45) is 0.649. The third-order valence-electron chi connectivity index (χ3n) is 4.58. The van der Waals surface area contributed by atoms with E-state index < -0.39 is 6.04 Å². The van der Waals surface area contributed by atoms with Crippen LogP contribution in [0.15, 0.2) is 54.6 Å². The largest absolute Gasteiger partial charge is 0.496 e. The van der Waals surface area contributed by atoms with Gasteiger partial charge in [0.2, 0.25) is 11.8 Å². The Labute approximate surface area is 159 Å². The molecule has 0 bridgehead atoms. The van der Waals surface area contributed by atoms with Crippen LogP contribution in [0.1, 0.15) is 11.1 Å². The highest BCUT2D eigenvalue weighted by atomic mass is 16.5. The molecule has 0 aromatic heterocycles. The number of carbonyl (C=O) groups is 2. The molecule has 1 atom stereocenters. The number of amides is 2. The minimum Gasteiger partial charge on any atom is -0.496 e. The number of hydrogen-bond donors (Lipinski definition) is 1. The first kappa shape index (κ1) is 18.9. The van der Waals surface area contributed by atoms with E-state index in [1.165, 1.54) is 0 Å². The van der Waals surface area contributed by atoms with Crippen LogP contribution in [0.4, 0.5) is 0 Å². The van der Waals surface area contributed by atoms with Gasteiger partial charge in [-0.2, -0.15) is 0 Å². The second-order valence-electron chi connectivity index (χ2n) is 6.39. The Morgan fingerprint density at radius 3 is 2.70 bits per heavy atom. The number of methoxy groups -OCH3 is 1. The van der Waals surface area contributed by atoms with Gasteiger partial charge >= 0.3 is 0 Å². The number of morpholine rings is 1. The van der Waals surface area contributed by atoms with Crippen LogP contribution in [0.5, 0.6) is 5.75 Å². The summed E-state index contributed by atoms with van der Waals surface area (Å²) in [4.78, 5) is 26.6. The molecule has 0 spiro atoms. The lowest BCUT2D eigenvalue weighted by molar-refractivity contribution is -0.155. The molecule has 1 heterocycles. The van der Waals surface area contributed by atoms with Crippen LogP contribution in [0.3, 0.4) is 0 Å². The molecule has 1 unspecified atom stereocenters. The summed E-state index contributed by atoms with van der Waals surface area (Å²) < 4.78 is 10.6. The minimum absolute atomic E-state index is 0.0117. The minimum atomic E-state index is -0.621. The number of hydrogen-bond acceptors (Lipinski definition) is 4. The van der Waals surface area contributed by atoms with Crippen molar-refractivity contribution in [2.75, 3.05) is 26.9 Å². The molecular weight excluding hydrogens is 344 g/mol. The van der Waals surface area contributed by atoms with Crippen molar-refractivity contribution in [2.45, 2.75) is 19.0 Å². The molecular formula is C21H24N2O4.